The number of hydrogen-bond donors (Lipinski definition) is 1. The molecule has 0 amide bonds. The van der Waals surface area contributed by atoms with E-state index in [9.17, 15) is 19.7 Å². The molecule has 32 heavy (non-hydrogen) atoms. The lowest BCUT2D eigenvalue weighted by Crippen LogP contribution is -2.22. The number of hydrogen-bond acceptors (Lipinski definition) is 7. The van der Waals surface area contributed by atoms with E-state index in [4.69, 9.17) is 9.84 Å². The number of aryl methyl sites for hydroxylation is 1. The summed E-state index contributed by atoms with van der Waals surface area (Å²) >= 11 is 6.51. The van der Waals surface area contributed by atoms with Gasteiger partial charge < -0.3 is 9.84 Å². The second kappa shape index (κ2) is 10.0. The Morgan fingerprint density at radius 3 is 2.75 bits per heavy atom. The van der Waals surface area contributed by atoms with Crippen LogP contribution in [0.15, 0.2) is 49.2 Å². The van der Waals surface area contributed by atoms with Crippen LogP contribution in [0.25, 0.3) is 10.9 Å². The first-order chi connectivity index (χ1) is 15.2. The van der Waals surface area contributed by atoms with Crippen LogP contribution in [0.1, 0.15) is 24.7 Å². The van der Waals surface area contributed by atoms with Crippen LogP contribution in [0.3, 0.4) is 0 Å². The number of ether oxygens (including phenoxy) is 1. The van der Waals surface area contributed by atoms with E-state index in [-0.39, 0.29) is 15.8 Å². The Morgan fingerprint density at radius 1 is 1.34 bits per heavy atom. The summed E-state index contributed by atoms with van der Waals surface area (Å²) in [6.07, 6.45) is 2.53. The third-order valence-corrected chi connectivity index (χ3v) is 5.34. The number of benzene rings is 2. The second-order valence-corrected chi connectivity index (χ2v) is 8.36. The maximum Gasteiger partial charge on any atom is 0.341 e. The van der Waals surface area contributed by atoms with Gasteiger partial charge in [0.25, 0.3) is 5.56 Å². The number of nitro groups is 1. The van der Waals surface area contributed by atoms with Crippen molar-refractivity contribution >= 4 is 60.6 Å². The molecule has 0 aliphatic heterocycles. The van der Waals surface area contributed by atoms with E-state index in [2.05, 4.69) is 41.9 Å². The molecule has 3 aromatic rings. The molecule has 0 radical (unpaired) electrons. The molecular weight excluding hydrogens is 552 g/mol. The number of nitrogens with zero attached hydrogens (tertiary/aromatic N) is 4. The highest BCUT2D eigenvalue weighted by Crippen LogP contribution is 2.36. The fourth-order valence-electron chi connectivity index (χ4n) is 2.91. The first-order valence-electron chi connectivity index (χ1n) is 9.29. The van der Waals surface area contributed by atoms with E-state index >= 15 is 0 Å². The van der Waals surface area contributed by atoms with E-state index in [1.165, 1.54) is 23.0 Å². The number of rotatable bonds is 8. The van der Waals surface area contributed by atoms with Gasteiger partial charge in [-0.2, -0.15) is 9.78 Å². The van der Waals surface area contributed by atoms with Gasteiger partial charge in [0.05, 0.1) is 26.5 Å². The molecule has 0 bridgehead atoms. The van der Waals surface area contributed by atoms with Crippen molar-refractivity contribution in [2.24, 2.45) is 5.10 Å². The Kier molecular flexibility index (Phi) is 7.36. The largest absolute Gasteiger partial charge is 0.479 e. The van der Waals surface area contributed by atoms with Gasteiger partial charge in [-0.05, 0) is 46.6 Å². The fourth-order valence-corrected chi connectivity index (χ4v) is 3.85. The molecular formula is C20H16Br2N4O6. The van der Waals surface area contributed by atoms with E-state index < -0.39 is 23.2 Å². The number of carbonyl (C=O) groups is 1. The molecule has 0 saturated heterocycles. The topological polar surface area (TPSA) is 137 Å². The van der Waals surface area contributed by atoms with Crippen molar-refractivity contribution in [3.05, 3.63) is 71.1 Å². The summed E-state index contributed by atoms with van der Waals surface area (Å²) < 4.78 is 7.11. The van der Waals surface area contributed by atoms with Crippen LogP contribution in [0.2, 0.25) is 0 Å². The summed E-state index contributed by atoms with van der Waals surface area (Å²) in [5, 5.41) is 24.9. The molecule has 0 saturated carbocycles. The molecule has 0 fully saturated rings. The lowest BCUT2D eigenvalue weighted by molar-refractivity contribution is -0.385. The highest BCUT2D eigenvalue weighted by atomic mass is 79.9. The van der Waals surface area contributed by atoms with Crippen LogP contribution in [-0.4, -0.2) is 38.5 Å². The Bertz CT molecular complexity index is 1310. The molecule has 3 rings (SSSR count). The molecule has 1 N–H and O–H groups in total. The molecule has 12 heteroatoms. The van der Waals surface area contributed by atoms with Crippen molar-refractivity contribution in [1.82, 2.24) is 9.66 Å². The van der Waals surface area contributed by atoms with Gasteiger partial charge in [0.2, 0.25) is 5.75 Å². The standard InChI is InChI=1S/C20H16Br2N4O6/c1-2-3-17-24-15-5-4-12(21)8-13(15)20(29)25(17)23-9-11-6-14(22)19(32-10-18(27)28)16(7-11)26(30)31/h4-9H,2-3,10H2,1H3,(H,27,28). The first-order valence-corrected chi connectivity index (χ1v) is 10.9. The molecule has 0 atom stereocenters. The van der Waals surface area contributed by atoms with Crippen molar-refractivity contribution < 1.29 is 19.6 Å². The number of nitro benzene ring substituents is 1. The van der Waals surface area contributed by atoms with Crippen LogP contribution in [0.5, 0.6) is 5.75 Å². The fraction of sp³-hybridized carbons (Fsp3) is 0.200. The number of halogens is 2. The molecule has 1 heterocycles. The van der Waals surface area contributed by atoms with Gasteiger partial charge >= 0.3 is 11.7 Å². The minimum absolute atomic E-state index is 0.177. The van der Waals surface area contributed by atoms with E-state index in [1.54, 1.807) is 18.2 Å². The normalized spacial score (nSPS) is 11.2. The smallest absolute Gasteiger partial charge is 0.341 e. The zero-order valence-corrected chi connectivity index (χ0v) is 19.8. The van der Waals surface area contributed by atoms with Gasteiger partial charge in [0.1, 0.15) is 5.82 Å². The van der Waals surface area contributed by atoms with Crippen LogP contribution in [0.4, 0.5) is 5.69 Å². The molecule has 0 spiro atoms. The van der Waals surface area contributed by atoms with E-state index in [0.717, 1.165) is 10.9 Å². The van der Waals surface area contributed by atoms with Crippen molar-refractivity contribution in [2.75, 3.05) is 6.61 Å². The second-order valence-electron chi connectivity index (χ2n) is 6.59. The Balaban J connectivity index is 2.09. The van der Waals surface area contributed by atoms with Crippen molar-refractivity contribution in [3.63, 3.8) is 0 Å². The van der Waals surface area contributed by atoms with Crippen molar-refractivity contribution in [1.29, 1.82) is 0 Å². The predicted molar refractivity (Wildman–Crippen MR) is 125 cm³/mol. The average molecular weight is 568 g/mol. The van der Waals surface area contributed by atoms with Gasteiger partial charge in [0.15, 0.2) is 6.61 Å². The summed E-state index contributed by atoms with van der Waals surface area (Å²) in [7, 11) is 0. The monoisotopic (exact) mass is 566 g/mol. The summed E-state index contributed by atoms with van der Waals surface area (Å²) in [6.45, 7) is 1.21. The van der Waals surface area contributed by atoms with Gasteiger partial charge in [-0.3, -0.25) is 14.9 Å². The Morgan fingerprint density at radius 2 is 2.09 bits per heavy atom. The Labute approximate surface area is 197 Å². The predicted octanol–water partition coefficient (Wildman–Crippen LogP) is 4.13. The van der Waals surface area contributed by atoms with Crippen LogP contribution in [0, 0.1) is 10.1 Å². The zero-order valence-electron chi connectivity index (χ0n) is 16.6. The number of carboxylic acid groups (broad SMARTS) is 1. The minimum atomic E-state index is -1.27. The van der Waals surface area contributed by atoms with Gasteiger partial charge in [-0.25, -0.2) is 9.78 Å². The first kappa shape index (κ1) is 23.5. The summed E-state index contributed by atoms with van der Waals surface area (Å²) in [5.74, 6) is -1.02. The van der Waals surface area contributed by atoms with Crippen molar-refractivity contribution in [2.45, 2.75) is 19.8 Å². The third-order valence-electron chi connectivity index (χ3n) is 4.25. The molecule has 2 aromatic carbocycles. The SMILES string of the molecule is CCCc1nc2ccc(Br)cc2c(=O)n1N=Cc1cc(Br)c(OCC(=O)O)c([N+](=O)[O-])c1. The number of aromatic nitrogens is 2. The van der Waals surface area contributed by atoms with E-state index in [0.29, 0.717) is 28.7 Å². The summed E-state index contributed by atoms with van der Waals surface area (Å²) in [6, 6.07) is 7.85. The molecule has 0 aliphatic rings. The lowest BCUT2D eigenvalue weighted by Gasteiger charge is -2.09. The van der Waals surface area contributed by atoms with Crippen LogP contribution < -0.4 is 10.3 Å². The molecule has 1 aromatic heterocycles. The van der Waals surface area contributed by atoms with Crippen LogP contribution in [-0.2, 0) is 11.2 Å². The third kappa shape index (κ3) is 5.19. The maximum absolute atomic E-state index is 13.0. The maximum atomic E-state index is 13.0. The summed E-state index contributed by atoms with van der Waals surface area (Å²) in [4.78, 5) is 39.1. The lowest BCUT2D eigenvalue weighted by atomic mass is 10.2. The number of carboxylic acids is 1. The Hall–Kier alpha value is -3.12. The molecule has 166 valence electrons. The van der Waals surface area contributed by atoms with Gasteiger partial charge in [-0.1, -0.05) is 22.9 Å². The van der Waals surface area contributed by atoms with E-state index in [1.807, 2.05) is 6.92 Å². The van der Waals surface area contributed by atoms with Gasteiger partial charge in [-0.15, -0.1) is 0 Å². The zero-order chi connectivity index (χ0) is 23.4. The van der Waals surface area contributed by atoms with Crippen molar-refractivity contribution in [3.8, 4) is 5.75 Å². The quantitative estimate of drug-likeness (QED) is 0.245. The summed E-state index contributed by atoms with van der Waals surface area (Å²) in [5.41, 5.74) is 0.0381. The minimum Gasteiger partial charge on any atom is -0.479 e. The highest BCUT2D eigenvalue weighted by molar-refractivity contribution is 9.10. The molecule has 0 unspecified atom stereocenters. The highest BCUT2D eigenvalue weighted by Gasteiger charge is 2.21. The molecule has 10 nitrogen and oxygen atoms in total. The van der Waals surface area contributed by atoms with Gasteiger partial charge in [0, 0.05) is 22.5 Å². The molecule has 0 aliphatic carbocycles. The number of aliphatic carboxylic acids is 1. The van der Waals surface area contributed by atoms with Crippen LogP contribution >= 0.6 is 31.9 Å². The average Bonchev–Trinajstić information content (AvgIpc) is 2.73. The number of fused-ring (bicyclic) bond motifs is 1.